The summed E-state index contributed by atoms with van der Waals surface area (Å²) in [5, 5.41) is 0.809. The normalized spacial score (nSPS) is 19.3. The topological polar surface area (TPSA) is 16.1 Å². The molecule has 0 radical (unpaired) electrons. The number of nitrogens with zero attached hydrogens (tertiary/aromatic N) is 2. The van der Waals surface area contributed by atoms with E-state index in [9.17, 15) is 13.2 Å². The number of pyridine rings is 1. The summed E-state index contributed by atoms with van der Waals surface area (Å²) < 4.78 is 38.8. The van der Waals surface area contributed by atoms with Gasteiger partial charge in [-0.1, -0.05) is 13.0 Å². The van der Waals surface area contributed by atoms with Crippen LogP contribution in [0, 0.1) is 6.92 Å². The molecule has 23 heavy (non-hydrogen) atoms. The van der Waals surface area contributed by atoms with E-state index in [0.29, 0.717) is 11.6 Å². The lowest BCUT2D eigenvalue weighted by Gasteiger charge is -2.38. The molecule has 1 atom stereocenters. The van der Waals surface area contributed by atoms with E-state index < -0.39 is 11.7 Å². The molecule has 1 aliphatic heterocycles. The van der Waals surface area contributed by atoms with Gasteiger partial charge in [0.1, 0.15) is 0 Å². The van der Waals surface area contributed by atoms with E-state index in [2.05, 4.69) is 16.8 Å². The fourth-order valence-electron chi connectivity index (χ4n) is 3.49. The number of rotatable bonds is 2. The number of hydrogen-bond donors (Lipinski definition) is 0. The van der Waals surface area contributed by atoms with Crippen molar-refractivity contribution in [3.8, 4) is 0 Å². The molecule has 1 aliphatic rings. The van der Waals surface area contributed by atoms with Crippen LogP contribution >= 0.6 is 0 Å². The van der Waals surface area contributed by atoms with Crippen LogP contribution in [0.15, 0.2) is 24.3 Å². The lowest BCUT2D eigenvalue weighted by atomic mass is 9.98. The first-order valence-corrected chi connectivity index (χ1v) is 8.15. The first-order chi connectivity index (χ1) is 10.9. The van der Waals surface area contributed by atoms with Gasteiger partial charge in [0.05, 0.1) is 11.1 Å². The van der Waals surface area contributed by atoms with Crippen molar-refractivity contribution in [2.45, 2.75) is 51.7 Å². The highest BCUT2D eigenvalue weighted by Crippen LogP contribution is 2.36. The van der Waals surface area contributed by atoms with Crippen molar-refractivity contribution in [3.63, 3.8) is 0 Å². The molecule has 2 aromatic rings. The molecule has 0 saturated carbocycles. The number of piperidine rings is 1. The van der Waals surface area contributed by atoms with E-state index in [4.69, 9.17) is 0 Å². The molecule has 1 aromatic heterocycles. The maximum atomic E-state index is 12.9. The predicted octanol–water partition coefficient (Wildman–Crippen LogP) is 5.33. The first-order valence-electron chi connectivity index (χ1n) is 8.15. The number of alkyl halides is 3. The molecule has 0 N–H and O–H groups in total. The monoisotopic (exact) mass is 322 g/mol. The average Bonchev–Trinajstić information content (AvgIpc) is 2.52. The summed E-state index contributed by atoms with van der Waals surface area (Å²) in [4.78, 5) is 6.68. The van der Waals surface area contributed by atoms with E-state index in [-0.39, 0.29) is 0 Å². The molecule has 5 heteroatoms. The number of aryl methyl sites for hydroxylation is 1. The summed E-state index contributed by atoms with van der Waals surface area (Å²) in [5.41, 5.74) is 1.56. The Bertz CT molecular complexity index is 709. The molecule has 0 bridgehead atoms. The van der Waals surface area contributed by atoms with Crippen LogP contribution in [0.4, 0.5) is 18.9 Å². The number of fused-ring (bicyclic) bond motifs is 1. The third-order valence-corrected chi connectivity index (χ3v) is 4.65. The Balaban J connectivity index is 2.13. The molecule has 3 rings (SSSR count). The Morgan fingerprint density at radius 3 is 2.70 bits per heavy atom. The van der Waals surface area contributed by atoms with Gasteiger partial charge in [-0.15, -0.1) is 0 Å². The van der Waals surface area contributed by atoms with Crippen LogP contribution < -0.4 is 4.90 Å². The van der Waals surface area contributed by atoms with Crippen LogP contribution in [0.3, 0.4) is 0 Å². The number of hydrogen-bond acceptors (Lipinski definition) is 2. The predicted molar refractivity (Wildman–Crippen MR) is 86.8 cm³/mol. The lowest BCUT2D eigenvalue weighted by Crippen LogP contribution is -2.39. The summed E-state index contributed by atoms with van der Waals surface area (Å²) in [7, 11) is 0. The molecule has 2 heterocycles. The molecular weight excluding hydrogens is 301 g/mol. The number of halogens is 3. The van der Waals surface area contributed by atoms with Gasteiger partial charge in [0.25, 0.3) is 0 Å². The summed E-state index contributed by atoms with van der Waals surface area (Å²) >= 11 is 0. The summed E-state index contributed by atoms with van der Waals surface area (Å²) in [6, 6.07) is 6.35. The van der Waals surface area contributed by atoms with E-state index in [0.717, 1.165) is 54.7 Å². The van der Waals surface area contributed by atoms with Crippen molar-refractivity contribution < 1.29 is 13.2 Å². The van der Waals surface area contributed by atoms with Crippen molar-refractivity contribution in [2.75, 3.05) is 11.4 Å². The number of anilines is 1. The van der Waals surface area contributed by atoms with Crippen LogP contribution in [0.2, 0.25) is 0 Å². The van der Waals surface area contributed by atoms with E-state index in [1.807, 2.05) is 13.0 Å². The minimum atomic E-state index is -4.34. The van der Waals surface area contributed by atoms with Gasteiger partial charge >= 0.3 is 6.18 Å². The molecule has 1 aromatic carbocycles. The van der Waals surface area contributed by atoms with Crippen LogP contribution in [0.5, 0.6) is 0 Å². The fourth-order valence-corrected chi connectivity index (χ4v) is 3.49. The molecule has 1 saturated heterocycles. The van der Waals surface area contributed by atoms with Crippen molar-refractivity contribution >= 4 is 16.6 Å². The largest absolute Gasteiger partial charge is 0.416 e. The SMILES string of the molecule is CCC1CCCCN1c1cc(C)nc2cc(C(F)(F)F)ccc12. The Hall–Kier alpha value is -1.78. The van der Waals surface area contributed by atoms with Crippen LogP contribution in [0.25, 0.3) is 10.9 Å². The maximum absolute atomic E-state index is 12.9. The second-order valence-corrected chi connectivity index (χ2v) is 6.26. The Morgan fingerprint density at radius 2 is 2.00 bits per heavy atom. The average molecular weight is 322 g/mol. The van der Waals surface area contributed by atoms with Gasteiger partial charge in [-0.25, -0.2) is 0 Å². The molecule has 124 valence electrons. The highest BCUT2D eigenvalue weighted by Gasteiger charge is 2.31. The first kappa shape index (κ1) is 16.1. The smallest absolute Gasteiger partial charge is 0.368 e. The lowest BCUT2D eigenvalue weighted by molar-refractivity contribution is -0.137. The highest BCUT2D eigenvalue weighted by molar-refractivity contribution is 5.92. The standard InChI is InChI=1S/C18H21F3N2/c1-3-14-6-4-5-9-23(14)17-10-12(2)22-16-11-13(18(19,20)21)7-8-15(16)17/h7-8,10-11,14H,3-6,9H2,1-2H3. The van der Waals surface area contributed by atoms with Gasteiger partial charge in [0.15, 0.2) is 0 Å². The van der Waals surface area contributed by atoms with Crippen LogP contribution in [-0.2, 0) is 6.18 Å². The summed E-state index contributed by atoms with van der Waals surface area (Å²) in [5.74, 6) is 0. The molecule has 0 aliphatic carbocycles. The van der Waals surface area contributed by atoms with Gasteiger partial charge in [-0.05, 0) is 50.8 Å². The zero-order valence-corrected chi connectivity index (χ0v) is 13.5. The van der Waals surface area contributed by atoms with Gasteiger partial charge in [0, 0.05) is 29.4 Å². The van der Waals surface area contributed by atoms with Crippen LogP contribution in [0.1, 0.15) is 43.9 Å². The Labute approximate surface area is 134 Å². The van der Waals surface area contributed by atoms with Gasteiger partial charge in [-0.3, -0.25) is 4.98 Å². The van der Waals surface area contributed by atoms with Gasteiger partial charge in [0.2, 0.25) is 0 Å². The number of benzene rings is 1. The molecule has 1 unspecified atom stereocenters. The van der Waals surface area contributed by atoms with Crippen molar-refractivity contribution in [1.29, 1.82) is 0 Å². The van der Waals surface area contributed by atoms with E-state index >= 15 is 0 Å². The van der Waals surface area contributed by atoms with Crippen molar-refractivity contribution in [2.24, 2.45) is 0 Å². The second kappa shape index (κ2) is 6.02. The second-order valence-electron chi connectivity index (χ2n) is 6.26. The fraction of sp³-hybridized carbons (Fsp3) is 0.500. The van der Waals surface area contributed by atoms with Gasteiger partial charge < -0.3 is 4.90 Å². The molecular formula is C18H21F3N2. The zero-order valence-electron chi connectivity index (χ0n) is 13.5. The van der Waals surface area contributed by atoms with Gasteiger partial charge in [-0.2, -0.15) is 13.2 Å². The minimum Gasteiger partial charge on any atom is -0.368 e. The van der Waals surface area contributed by atoms with E-state index in [1.165, 1.54) is 6.42 Å². The van der Waals surface area contributed by atoms with Crippen LogP contribution in [-0.4, -0.2) is 17.6 Å². The summed E-state index contributed by atoms with van der Waals surface area (Å²) in [6.07, 6.45) is 0.190. The summed E-state index contributed by atoms with van der Waals surface area (Å²) in [6.45, 7) is 4.97. The molecule has 0 amide bonds. The van der Waals surface area contributed by atoms with Crippen molar-refractivity contribution in [1.82, 2.24) is 4.98 Å². The number of aromatic nitrogens is 1. The Morgan fingerprint density at radius 1 is 1.22 bits per heavy atom. The highest BCUT2D eigenvalue weighted by atomic mass is 19.4. The minimum absolute atomic E-state index is 0.426. The third kappa shape index (κ3) is 3.14. The zero-order chi connectivity index (χ0) is 16.6. The van der Waals surface area contributed by atoms with Crippen molar-refractivity contribution in [3.05, 3.63) is 35.5 Å². The third-order valence-electron chi connectivity index (χ3n) is 4.65. The molecule has 1 fully saturated rings. The molecule has 2 nitrogen and oxygen atoms in total. The maximum Gasteiger partial charge on any atom is 0.416 e. The Kier molecular flexibility index (Phi) is 4.21. The quantitative estimate of drug-likeness (QED) is 0.743. The molecule has 0 spiro atoms. The van der Waals surface area contributed by atoms with E-state index in [1.54, 1.807) is 6.07 Å².